The Kier molecular flexibility index (Phi) is 5.40. The molecule has 0 radical (unpaired) electrons. The van der Waals surface area contributed by atoms with Crippen molar-refractivity contribution in [2.24, 2.45) is 0 Å². The minimum atomic E-state index is -0.786. The average Bonchev–Trinajstić information content (AvgIpc) is 3.41. The van der Waals surface area contributed by atoms with Gasteiger partial charge >= 0.3 is 0 Å². The summed E-state index contributed by atoms with van der Waals surface area (Å²) >= 11 is 12.9. The predicted octanol–water partition coefficient (Wildman–Crippen LogP) is 5.28. The summed E-state index contributed by atoms with van der Waals surface area (Å²) in [7, 11) is 0. The van der Waals surface area contributed by atoms with Crippen LogP contribution in [0.25, 0.3) is 5.69 Å². The lowest BCUT2D eigenvalue weighted by Gasteiger charge is -2.30. The van der Waals surface area contributed by atoms with Gasteiger partial charge in [-0.25, -0.2) is 4.39 Å². The first-order chi connectivity index (χ1) is 14.9. The van der Waals surface area contributed by atoms with E-state index in [0.717, 1.165) is 35.9 Å². The van der Waals surface area contributed by atoms with E-state index in [0.29, 0.717) is 28.8 Å². The van der Waals surface area contributed by atoms with E-state index >= 15 is 0 Å². The Hall–Kier alpha value is -2.15. The maximum Gasteiger partial charge on any atom is 0.140 e. The molecule has 0 spiro atoms. The number of likely N-dealkylation sites (tertiary alicyclic amines) is 1. The fourth-order valence-corrected chi connectivity index (χ4v) is 5.17. The number of ether oxygens (including phenoxy) is 1. The van der Waals surface area contributed by atoms with Crippen LogP contribution in [0.5, 0.6) is 5.75 Å². The smallest absolute Gasteiger partial charge is 0.140 e. The molecule has 5 nitrogen and oxygen atoms in total. The molecule has 0 N–H and O–H groups in total. The molecule has 2 aromatic carbocycles. The van der Waals surface area contributed by atoms with Crippen molar-refractivity contribution in [1.29, 1.82) is 0 Å². The van der Waals surface area contributed by atoms with Crippen LogP contribution in [0.15, 0.2) is 36.4 Å². The molecule has 0 amide bonds. The number of hydrogen-bond acceptors (Lipinski definition) is 4. The molecule has 2 aliphatic rings. The Morgan fingerprint density at radius 2 is 1.84 bits per heavy atom. The Bertz CT molecular complexity index is 1120. The average molecular weight is 461 g/mol. The molecule has 3 aromatic rings. The van der Waals surface area contributed by atoms with E-state index in [4.69, 9.17) is 27.9 Å². The molecular formula is C23H23Cl2FN4O. The van der Waals surface area contributed by atoms with Crippen molar-refractivity contribution in [3.05, 3.63) is 69.2 Å². The van der Waals surface area contributed by atoms with Crippen molar-refractivity contribution in [3.8, 4) is 11.4 Å². The highest BCUT2D eigenvalue weighted by atomic mass is 35.5. The van der Waals surface area contributed by atoms with E-state index in [9.17, 15) is 4.39 Å². The van der Waals surface area contributed by atoms with Crippen LogP contribution in [0.1, 0.15) is 35.3 Å². The monoisotopic (exact) mass is 460 g/mol. The van der Waals surface area contributed by atoms with Crippen LogP contribution < -0.4 is 4.74 Å². The van der Waals surface area contributed by atoms with Crippen molar-refractivity contribution in [1.82, 2.24) is 19.7 Å². The summed E-state index contributed by atoms with van der Waals surface area (Å²) in [4.78, 5) is 2.19. The Morgan fingerprint density at radius 3 is 2.52 bits per heavy atom. The molecule has 31 heavy (non-hydrogen) atoms. The summed E-state index contributed by atoms with van der Waals surface area (Å²) in [5, 5.41) is 9.39. The van der Waals surface area contributed by atoms with E-state index in [2.05, 4.69) is 15.1 Å². The number of fused-ring (bicyclic) bond motifs is 1. The lowest BCUT2D eigenvalue weighted by Crippen LogP contribution is -2.38. The zero-order valence-electron chi connectivity index (χ0n) is 17.4. The highest BCUT2D eigenvalue weighted by molar-refractivity contribution is 6.32. The van der Waals surface area contributed by atoms with Crippen molar-refractivity contribution >= 4 is 23.2 Å². The van der Waals surface area contributed by atoms with Gasteiger partial charge in [-0.05, 0) is 68.1 Å². The molecule has 0 bridgehead atoms. The van der Waals surface area contributed by atoms with Gasteiger partial charge in [-0.1, -0.05) is 29.3 Å². The quantitative estimate of drug-likeness (QED) is 0.531. The highest BCUT2D eigenvalue weighted by Crippen LogP contribution is 2.42. The van der Waals surface area contributed by atoms with Crippen LogP contribution in [-0.2, 0) is 6.42 Å². The Morgan fingerprint density at radius 1 is 1.06 bits per heavy atom. The molecule has 1 aromatic heterocycles. The van der Waals surface area contributed by atoms with Gasteiger partial charge in [0.15, 0.2) is 0 Å². The zero-order chi connectivity index (χ0) is 21.7. The van der Waals surface area contributed by atoms with E-state index in [1.165, 1.54) is 5.56 Å². The molecule has 1 fully saturated rings. The van der Waals surface area contributed by atoms with Crippen LogP contribution >= 0.6 is 23.2 Å². The largest absolute Gasteiger partial charge is 0.482 e. The lowest BCUT2D eigenvalue weighted by molar-refractivity contribution is 0.0897. The van der Waals surface area contributed by atoms with Crippen molar-refractivity contribution < 1.29 is 9.13 Å². The summed E-state index contributed by atoms with van der Waals surface area (Å²) < 4.78 is 22.4. The third kappa shape index (κ3) is 3.81. The molecule has 8 heteroatoms. The summed E-state index contributed by atoms with van der Waals surface area (Å²) in [6.45, 7) is 4.96. The van der Waals surface area contributed by atoms with Gasteiger partial charge in [0, 0.05) is 18.1 Å². The summed E-state index contributed by atoms with van der Waals surface area (Å²) in [6.07, 6.45) is 0.318. The second-order valence-electron chi connectivity index (χ2n) is 8.28. The molecule has 0 unspecified atom stereocenters. The van der Waals surface area contributed by atoms with Crippen LogP contribution in [0.4, 0.5) is 4.39 Å². The number of nitrogens with zero attached hydrogens (tertiary/aromatic N) is 4. The molecular weight excluding hydrogens is 438 g/mol. The van der Waals surface area contributed by atoms with Crippen LogP contribution in [0.2, 0.25) is 10.0 Å². The van der Waals surface area contributed by atoms with Crippen molar-refractivity contribution in [2.45, 2.75) is 45.0 Å². The van der Waals surface area contributed by atoms with Gasteiger partial charge in [0.05, 0.1) is 16.8 Å². The van der Waals surface area contributed by atoms with E-state index in [-0.39, 0.29) is 12.1 Å². The normalized spacial score (nSPS) is 23.3. The van der Waals surface area contributed by atoms with Crippen molar-refractivity contribution in [2.75, 3.05) is 13.1 Å². The van der Waals surface area contributed by atoms with Crippen LogP contribution in [-0.4, -0.2) is 45.0 Å². The molecule has 5 rings (SSSR count). The second kappa shape index (κ2) is 8.08. The molecule has 3 atom stereocenters. The lowest BCUT2D eigenvalue weighted by atomic mass is 10.1. The fraction of sp³-hybridized carbons (Fsp3) is 0.391. The van der Waals surface area contributed by atoms with Gasteiger partial charge < -0.3 is 4.74 Å². The van der Waals surface area contributed by atoms with Crippen LogP contribution in [0, 0.1) is 13.8 Å². The SMILES string of the molecule is Cc1nnc(C)n1-c1ccc(O[C@H]2c3cc(Cl)ccc3C[C@@H]2N2CC[C@H](F)C2)c(Cl)c1. The molecule has 162 valence electrons. The number of aryl methyl sites for hydroxylation is 2. The van der Waals surface area contributed by atoms with Gasteiger partial charge in [0.1, 0.15) is 29.7 Å². The van der Waals surface area contributed by atoms with Gasteiger partial charge in [0.2, 0.25) is 0 Å². The zero-order valence-corrected chi connectivity index (χ0v) is 18.9. The van der Waals surface area contributed by atoms with Gasteiger partial charge in [-0.3, -0.25) is 9.47 Å². The third-order valence-corrected chi connectivity index (χ3v) is 6.77. The topological polar surface area (TPSA) is 43.2 Å². The number of halogens is 3. The number of benzene rings is 2. The molecule has 1 saturated heterocycles. The van der Waals surface area contributed by atoms with E-state index in [1.54, 1.807) is 0 Å². The first kappa shape index (κ1) is 20.7. The molecule has 0 saturated carbocycles. The summed E-state index contributed by atoms with van der Waals surface area (Å²) in [5.74, 6) is 2.17. The van der Waals surface area contributed by atoms with Gasteiger partial charge in [-0.15, -0.1) is 10.2 Å². The standard InChI is InChI=1S/C23H23Cl2FN4O/c1-13-27-28-14(2)30(13)18-5-6-22(20(25)11-18)31-23-19-10-16(24)4-3-15(19)9-21(23)29-8-7-17(26)12-29/h3-6,10-11,17,21,23H,7-9,12H2,1-2H3/t17-,21-,23-/m0/s1. The molecule has 1 aliphatic carbocycles. The number of alkyl halides is 1. The number of aromatic nitrogens is 3. The van der Waals surface area contributed by atoms with E-state index < -0.39 is 6.17 Å². The first-order valence-electron chi connectivity index (χ1n) is 10.4. The molecule has 1 aliphatic heterocycles. The number of hydrogen-bond donors (Lipinski definition) is 0. The second-order valence-corrected chi connectivity index (χ2v) is 9.12. The summed E-state index contributed by atoms with van der Waals surface area (Å²) in [6, 6.07) is 11.6. The Labute approximate surface area is 190 Å². The van der Waals surface area contributed by atoms with E-state index in [1.807, 2.05) is 54.8 Å². The maximum absolute atomic E-state index is 13.9. The third-order valence-electron chi connectivity index (χ3n) is 6.24. The summed E-state index contributed by atoms with van der Waals surface area (Å²) in [5.41, 5.74) is 3.11. The van der Waals surface area contributed by atoms with Gasteiger partial charge in [-0.2, -0.15) is 0 Å². The maximum atomic E-state index is 13.9. The number of rotatable bonds is 4. The van der Waals surface area contributed by atoms with Crippen LogP contribution in [0.3, 0.4) is 0 Å². The minimum Gasteiger partial charge on any atom is -0.482 e. The fourth-order valence-electron chi connectivity index (χ4n) is 4.77. The predicted molar refractivity (Wildman–Crippen MR) is 119 cm³/mol. The highest BCUT2D eigenvalue weighted by Gasteiger charge is 2.41. The molecule has 2 heterocycles. The minimum absolute atomic E-state index is 0.0484. The Balaban J connectivity index is 1.47. The van der Waals surface area contributed by atoms with Crippen molar-refractivity contribution in [3.63, 3.8) is 0 Å². The van der Waals surface area contributed by atoms with Gasteiger partial charge in [0.25, 0.3) is 0 Å². The first-order valence-corrected chi connectivity index (χ1v) is 11.2.